The summed E-state index contributed by atoms with van der Waals surface area (Å²) in [6.07, 6.45) is 0. The average molecular weight is 201 g/mol. The van der Waals surface area contributed by atoms with Crippen LogP contribution in [0.3, 0.4) is 0 Å². The minimum Gasteiger partial charge on any atom is -0.478 e. The van der Waals surface area contributed by atoms with Crippen LogP contribution in [0.2, 0.25) is 0 Å². The van der Waals surface area contributed by atoms with E-state index in [4.69, 9.17) is 5.11 Å². The first-order chi connectivity index (χ1) is 6.11. The van der Waals surface area contributed by atoms with Crippen LogP contribution in [0, 0.1) is 0 Å². The number of nitrogens with one attached hydrogen (secondary N) is 1. The lowest BCUT2D eigenvalue weighted by Crippen LogP contribution is -2.04. The third-order valence-electron chi connectivity index (χ3n) is 1.37. The van der Waals surface area contributed by atoms with Crippen LogP contribution in [0.4, 0.5) is 5.69 Å². The minimum absolute atomic E-state index is 0.0679. The highest BCUT2D eigenvalue weighted by Gasteiger charge is 2.08. The molecule has 1 aromatic carbocycles. The maximum Gasteiger partial charge on any atom is 0.337 e. The Morgan fingerprint density at radius 3 is 2.46 bits per heavy atom. The predicted octanol–water partition coefficient (Wildman–Crippen LogP) is 0.323. The molecule has 13 heavy (non-hydrogen) atoms. The molecule has 0 aliphatic rings. The Morgan fingerprint density at radius 1 is 1.31 bits per heavy atom. The van der Waals surface area contributed by atoms with Crippen LogP contribution in [0.15, 0.2) is 24.3 Å². The molecule has 1 rings (SSSR count). The molecule has 0 saturated carbocycles. The zero-order chi connectivity index (χ0) is 9.84. The second-order valence-electron chi connectivity index (χ2n) is 2.22. The van der Waals surface area contributed by atoms with Gasteiger partial charge in [-0.25, -0.2) is 13.2 Å². The van der Waals surface area contributed by atoms with Gasteiger partial charge in [-0.2, -0.15) is 0 Å². The molecule has 6 heteroatoms. The lowest BCUT2D eigenvalue weighted by Gasteiger charge is -2.02. The number of benzene rings is 1. The average Bonchev–Trinajstić information content (AvgIpc) is 2.03. The van der Waals surface area contributed by atoms with Crippen molar-refractivity contribution in [2.75, 3.05) is 4.72 Å². The second kappa shape index (κ2) is 3.90. The third-order valence-corrected chi connectivity index (χ3v) is 1.79. The summed E-state index contributed by atoms with van der Waals surface area (Å²) in [4.78, 5) is 10.6. The molecule has 0 aliphatic carbocycles. The maximum atomic E-state index is 10.6. The van der Waals surface area contributed by atoms with Crippen LogP contribution in [-0.4, -0.2) is 19.5 Å². The van der Waals surface area contributed by atoms with E-state index in [1.165, 1.54) is 18.2 Å². The third kappa shape index (κ3) is 2.45. The standard InChI is InChI=1S/C7H7NO4S/c9-7(10)5-3-1-2-4-6(5)8-13(11)12/h1-4,13H,(H,9,10)(H,8,11,12). The van der Waals surface area contributed by atoms with Gasteiger partial charge in [-0.15, -0.1) is 0 Å². The van der Waals surface area contributed by atoms with E-state index in [2.05, 4.69) is 0 Å². The van der Waals surface area contributed by atoms with Gasteiger partial charge in [0.15, 0.2) is 0 Å². The van der Waals surface area contributed by atoms with E-state index < -0.39 is 16.9 Å². The first-order valence-electron chi connectivity index (χ1n) is 3.34. The number of aromatic carboxylic acids is 1. The Bertz CT molecular complexity index is 391. The number of anilines is 1. The molecule has 0 saturated heterocycles. The summed E-state index contributed by atoms with van der Waals surface area (Å²) in [7, 11) is -2.83. The number of thiol groups is 1. The first-order valence-corrected chi connectivity index (χ1v) is 4.52. The second-order valence-corrected chi connectivity index (χ2v) is 2.96. The first kappa shape index (κ1) is 9.53. The zero-order valence-electron chi connectivity index (χ0n) is 6.43. The van der Waals surface area contributed by atoms with Crippen LogP contribution in [0.1, 0.15) is 10.4 Å². The molecule has 0 fully saturated rings. The Morgan fingerprint density at radius 2 is 1.92 bits per heavy atom. The molecule has 0 spiro atoms. The maximum absolute atomic E-state index is 10.6. The number of hydrogen-bond donors (Lipinski definition) is 3. The van der Waals surface area contributed by atoms with Crippen molar-refractivity contribution in [2.24, 2.45) is 0 Å². The molecule has 5 nitrogen and oxygen atoms in total. The molecule has 1 aromatic rings. The van der Waals surface area contributed by atoms with Crippen molar-refractivity contribution in [2.45, 2.75) is 0 Å². The number of rotatable bonds is 3. The van der Waals surface area contributed by atoms with Gasteiger partial charge in [-0.1, -0.05) is 12.1 Å². The molecule has 0 amide bonds. The highest BCUT2D eigenvalue weighted by atomic mass is 32.2. The summed E-state index contributed by atoms with van der Waals surface area (Å²) in [6, 6.07) is 5.78. The highest BCUT2D eigenvalue weighted by Crippen LogP contribution is 2.14. The monoisotopic (exact) mass is 201 g/mol. The summed E-state index contributed by atoms with van der Waals surface area (Å²) < 4.78 is 22.6. The SMILES string of the molecule is O=C(O)c1ccccc1N[SH](=O)=O. The zero-order valence-corrected chi connectivity index (χ0v) is 7.32. The Kier molecular flexibility index (Phi) is 2.86. The summed E-state index contributed by atoms with van der Waals surface area (Å²) in [6.45, 7) is 0. The van der Waals surface area contributed by atoms with Gasteiger partial charge in [0, 0.05) is 0 Å². The highest BCUT2D eigenvalue weighted by molar-refractivity contribution is 7.73. The summed E-state index contributed by atoms with van der Waals surface area (Å²) in [5, 5.41) is 8.64. The van der Waals surface area contributed by atoms with E-state index >= 15 is 0 Å². The van der Waals surface area contributed by atoms with Crippen LogP contribution in [0.25, 0.3) is 0 Å². The topological polar surface area (TPSA) is 83.5 Å². The van der Waals surface area contributed by atoms with Gasteiger partial charge in [-0.3, -0.25) is 4.72 Å². The Labute approximate surface area is 76.1 Å². The quantitative estimate of drug-likeness (QED) is 0.615. The van der Waals surface area contributed by atoms with E-state index in [1.807, 2.05) is 4.72 Å². The number of carbonyl (C=O) groups is 1. The largest absolute Gasteiger partial charge is 0.478 e. The summed E-state index contributed by atoms with van der Waals surface area (Å²) in [5.74, 6) is -1.17. The van der Waals surface area contributed by atoms with Crippen molar-refractivity contribution in [3.8, 4) is 0 Å². The number of hydrogen-bond acceptors (Lipinski definition) is 3. The molecule has 0 aromatic heterocycles. The van der Waals surface area contributed by atoms with E-state index in [0.29, 0.717) is 0 Å². The molecule has 0 aliphatic heterocycles. The fourth-order valence-electron chi connectivity index (χ4n) is 0.865. The lowest BCUT2D eigenvalue weighted by atomic mass is 10.2. The fourth-order valence-corrected chi connectivity index (χ4v) is 1.26. The van der Waals surface area contributed by atoms with Crippen LogP contribution >= 0.6 is 0 Å². The normalized spacial score (nSPS) is 9.92. The van der Waals surface area contributed by atoms with Gasteiger partial charge >= 0.3 is 5.97 Å². The van der Waals surface area contributed by atoms with Gasteiger partial charge in [0.25, 0.3) is 0 Å². The molecular formula is C7H7NO4S. The van der Waals surface area contributed by atoms with Crippen molar-refractivity contribution in [1.82, 2.24) is 0 Å². The lowest BCUT2D eigenvalue weighted by molar-refractivity contribution is 0.0698. The van der Waals surface area contributed by atoms with Gasteiger partial charge in [-0.05, 0) is 12.1 Å². The van der Waals surface area contributed by atoms with E-state index in [0.717, 1.165) is 0 Å². The van der Waals surface area contributed by atoms with Gasteiger partial charge in [0.2, 0.25) is 10.9 Å². The van der Waals surface area contributed by atoms with Crippen molar-refractivity contribution in [3.63, 3.8) is 0 Å². The van der Waals surface area contributed by atoms with E-state index in [9.17, 15) is 13.2 Å². The molecule has 0 unspecified atom stereocenters. The Balaban J connectivity index is 3.11. The summed E-state index contributed by atoms with van der Waals surface area (Å²) in [5.41, 5.74) is 0.00723. The van der Waals surface area contributed by atoms with Crippen molar-refractivity contribution < 1.29 is 18.3 Å². The molecule has 70 valence electrons. The minimum atomic E-state index is -2.83. The van der Waals surface area contributed by atoms with Crippen molar-refractivity contribution in [1.29, 1.82) is 0 Å². The van der Waals surface area contributed by atoms with Crippen LogP contribution < -0.4 is 4.72 Å². The number of carboxylic acid groups (broad SMARTS) is 1. The fraction of sp³-hybridized carbons (Fsp3) is 0. The molecule has 0 radical (unpaired) electrons. The molecule has 2 N–H and O–H groups in total. The number of carboxylic acids is 1. The molecule has 0 atom stereocenters. The van der Waals surface area contributed by atoms with Gasteiger partial charge in [0.05, 0.1) is 11.3 Å². The summed E-state index contributed by atoms with van der Waals surface area (Å²) >= 11 is 0. The van der Waals surface area contributed by atoms with Crippen molar-refractivity contribution in [3.05, 3.63) is 29.8 Å². The Hall–Kier alpha value is -1.56. The molecular weight excluding hydrogens is 194 g/mol. The van der Waals surface area contributed by atoms with Gasteiger partial charge in [0.1, 0.15) is 0 Å². The smallest absolute Gasteiger partial charge is 0.337 e. The predicted molar refractivity (Wildman–Crippen MR) is 47.3 cm³/mol. The van der Waals surface area contributed by atoms with Crippen LogP contribution in [-0.2, 0) is 10.9 Å². The van der Waals surface area contributed by atoms with Crippen LogP contribution in [0.5, 0.6) is 0 Å². The molecule has 0 heterocycles. The van der Waals surface area contributed by atoms with E-state index in [1.54, 1.807) is 6.07 Å². The van der Waals surface area contributed by atoms with Crippen molar-refractivity contribution >= 4 is 22.5 Å². The van der Waals surface area contributed by atoms with E-state index in [-0.39, 0.29) is 11.3 Å². The molecule has 0 bridgehead atoms. The van der Waals surface area contributed by atoms with Gasteiger partial charge < -0.3 is 5.11 Å². The number of para-hydroxylation sites is 1.